The molecule has 2 bridgehead atoms. The van der Waals surface area contributed by atoms with Crippen LogP contribution in [0, 0.1) is 17.8 Å². The normalized spacial score (nSPS) is 35.4. The molecule has 3 rings (SSSR count). The quantitative estimate of drug-likeness (QED) is 0.790. The molecule has 1 saturated heterocycles. The summed E-state index contributed by atoms with van der Waals surface area (Å²) >= 11 is 0. The van der Waals surface area contributed by atoms with E-state index in [-0.39, 0.29) is 5.75 Å². The van der Waals surface area contributed by atoms with Gasteiger partial charge < -0.3 is 5.32 Å². The van der Waals surface area contributed by atoms with Gasteiger partial charge in [-0.2, -0.15) is 0 Å². The van der Waals surface area contributed by atoms with Gasteiger partial charge in [0.05, 0.1) is 5.75 Å². The van der Waals surface area contributed by atoms with Gasteiger partial charge in [0, 0.05) is 25.2 Å². The standard InChI is InChI=1S/C16H28N2O2S/c1-3-21(19,20)18-8-6-15(7-9-18)17-12(2)16-11-13-4-5-14(16)10-13/h4-5,12-17H,3,6-11H2,1-2H3. The van der Waals surface area contributed by atoms with Crippen LogP contribution in [-0.2, 0) is 10.0 Å². The highest BCUT2D eigenvalue weighted by atomic mass is 32.2. The maximum atomic E-state index is 11.9. The lowest BCUT2D eigenvalue weighted by atomic mass is 9.87. The molecule has 1 heterocycles. The largest absolute Gasteiger partial charge is 0.311 e. The third-order valence-corrected chi connectivity index (χ3v) is 7.56. The first kappa shape index (κ1) is 15.5. The van der Waals surface area contributed by atoms with Gasteiger partial charge in [0.25, 0.3) is 0 Å². The van der Waals surface area contributed by atoms with Gasteiger partial charge in [-0.1, -0.05) is 12.2 Å². The Hall–Kier alpha value is -0.390. The second kappa shape index (κ2) is 6.01. The minimum Gasteiger partial charge on any atom is -0.311 e. The fourth-order valence-electron chi connectivity index (χ4n) is 4.38. The number of fused-ring (bicyclic) bond motifs is 2. The summed E-state index contributed by atoms with van der Waals surface area (Å²) in [5.74, 6) is 2.59. The van der Waals surface area contributed by atoms with E-state index in [0.717, 1.165) is 30.6 Å². The van der Waals surface area contributed by atoms with Crippen molar-refractivity contribution in [2.45, 2.75) is 51.6 Å². The van der Waals surface area contributed by atoms with Crippen LogP contribution in [-0.4, -0.2) is 43.6 Å². The minimum atomic E-state index is -3.00. The summed E-state index contributed by atoms with van der Waals surface area (Å²) in [6.45, 7) is 5.40. The molecule has 0 radical (unpaired) electrons. The highest BCUT2D eigenvalue weighted by Gasteiger charge is 2.39. The Balaban J connectivity index is 1.48. The van der Waals surface area contributed by atoms with Crippen molar-refractivity contribution in [3.63, 3.8) is 0 Å². The van der Waals surface area contributed by atoms with Crippen molar-refractivity contribution in [1.29, 1.82) is 0 Å². The second-order valence-corrected chi connectivity index (χ2v) is 9.23. The van der Waals surface area contributed by atoms with Crippen LogP contribution in [0.25, 0.3) is 0 Å². The molecule has 4 nitrogen and oxygen atoms in total. The zero-order chi connectivity index (χ0) is 15.0. The Morgan fingerprint density at radius 1 is 1.24 bits per heavy atom. The summed E-state index contributed by atoms with van der Waals surface area (Å²) in [6, 6.07) is 1.02. The molecule has 0 spiro atoms. The molecule has 0 aromatic carbocycles. The molecule has 4 atom stereocenters. The van der Waals surface area contributed by atoms with Crippen molar-refractivity contribution < 1.29 is 8.42 Å². The average molecular weight is 312 g/mol. The molecule has 120 valence electrons. The summed E-state index contributed by atoms with van der Waals surface area (Å²) in [6.07, 6.45) is 9.37. The summed E-state index contributed by atoms with van der Waals surface area (Å²) in [7, 11) is -3.00. The fourth-order valence-corrected chi connectivity index (χ4v) is 5.51. The summed E-state index contributed by atoms with van der Waals surface area (Å²) in [5, 5.41) is 3.78. The smallest absolute Gasteiger partial charge is 0.213 e. The van der Waals surface area contributed by atoms with Gasteiger partial charge in [-0.3, -0.25) is 0 Å². The summed E-state index contributed by atoms with van der Waals surface area (Å²) in [5.41, 5.74) is 0. The zero-order valence-electron chi connectivity index (χ0n) is 13.2. The van der Waals surface area contributed by atoms with E-state index in [4.69, 9.17) is 0 Å². The molecule has 1 N–H and O–H groups in total. The Labute approximate surface area is 129 Å². The average Bonchev–Trinajstić information content (AvgIpc) is 3.10. The number of hydrogen-bond acceptors (Lipinski definition) is 3. The van der Waals surface area contributed by atoms with Gasteiger partial charge in [-0.05, 0) is 57.3 Å². The monoisotopic (exact) mass is 312 g/mol. The molecule has 4 unspecified atom stereocenters. The van der Waals surface area contributed by atoms with E-state index >= 15 is 0 Å². The Kier molecular flexibility index (Phi) is 4.44. The Bertz CT molecular complexity index is 494. The van der Waals surface area contributed by atoms with Crippen LogP contribution >= 0.6 is 0 Å². The van der Waals surface area contributed by atoms with Crippen LogP contribution in [0.2, 0.25) is 0 Å². The third-order valence-electron chi connectivity index (χ3n) is 5.68. The highest BCUT2D eigenvalue weighted by Crippen LogP contribution is 2.45. The number of piperidine rings is 1. The molecule has 0 aromatic heterocycles. The van der Waals surface area contributed by atoms with Crippen LogP contribution in [0.3, 0.4) is 0 Å². The van der Waals surface area contributed by atoms with E-state index < -0.39 is 10.0 Å². The molecule has 2 fully saturated rings. The van der Waals surface area contributed by atoms with Crippen molar-refractivity contribution >= 4 is 10.0 Å². The summed E-state index contributed by atoms with van der Waals surface area (Å²) in [4.78, 5) is 0. The fraction of sp³-hybridized carbons (Fsp3) is 0.875. The van der Waals surface area contributed by atoms with Gasteiger partial charge in [-0.15, -0.1) is 0 Å². The van der Waals surface area contributed by atoms with Gasteiger partial charge in [-0.25, -0.2) is 12.7 Å². The number of hydrogen-bond donors (Lipinski definition) is 1. The molecule has 21 heavy (non-hydrogen) atoms. The van der Waals surface area contributed by atoms with Crippen molar-refractivity contribution in [2.75, 3.05) is 18.8 Å². The van der Waals surface area contributed by atoms with Crippen LogP contribution in [0.15, 0.2) is 12.2 Å². The molecule has 3 aliphatic rings. The number of rotatable bonds is 5. The number of allylic oxidation sites excluding steroid dienone is 2. The molecule has 5 heteroatoms. The van der Waals surface area contributed by atoms with Crippen LogP contribution in [0.5, 0.6) is 0 Å². The maximum Gasteiger partial charge on any atom is 0.213 e. The van der Waals surface area contributed by atoms with Gasteiger partial charge in [0.2, 0.25) is 10.0 Å². The number of nitrogens with one attached hydrogen (secondary N) is 1. The van der Waals surface area contributed by atoms with Crippen molar-refractivity contribution in [3.05, 3.63) is 12.2 Å². The highest BCUT2D eigenvalue weighted by molar-refractivity contribution is 7.89. The van der Waals surface area contributed by atoms with E-state index in [1.165, 1.54) is 12.8 Å². The van der Waals surface area contributed by atoms with Gasteiger partial charge in [0.1, 0.15) is 0 Å². The minimum absolute atomic E-state index is 0.221. The van der Waals surface area contributed by atoms with Crippen molar-refractivity contribution in [3.8, 4) is 0 Å². The third kappa shape index (κ3) is 3.20. The molecule has 0 amide bonds. The van der Waals surface area contributed by atoms with Gasteiger partial charge >= 0.3 is 0 Å². The predicted molar refractivity (Wildman–Crippen MR) is 85.5 cm³/mol. The van der Waals surface area contributed by atoms with E-state index in [1.54, 1.807) is 11.2 Å². The first-order valence-corrected chi connectivity index (χ1v) is 10.0. The van der Waals surface area contributed by atoms with E-state index in [0.29, 0.717) is 25.2 Å². The van der Waals surface area contributed by atoms with Crippen molar-refractivity contribution in [1.82, 2.24) is 9.62 Å². The number of sulfonamides is 1. The maximum absolute atomic E-state index is 11.9. The van der Waals surface area contributed by atoms with Crippen LogP contribution in [0.1, 0.15) is 39.5 Å². The molecule has 1 aliphatic heterocycles. The summed E-state index contributed by atoms with van der Waals surface area (Å²) < 4.78 is 25.4. The SMILES string of the molecule is CCS(=O)(=O)N1CCC(NC(C)C2CC3C=CC2C3)CC1. The lowest BCUT2D eigenvalue weighted by Crippen LogP contribution is -2.49. The van der Waals surface area contributed by atoms with E-state index in [9.17, 15) is 8.42 Å². The first-order chi connectivity index (χ1) is 9.99. The first-order valence-electron chi connectivity index (χ1n) is 8.42. The number of nitrogens with zero attached hydrogens (tertiary/aromatic N) is 1. The lowest BCUT2D eigenvalue weighted by Gasteiger charge is -2.35. The van der Waals surface area contributed by atoms with E-state index in [1.807, 2.05) is 0 Å². The Morgan fingerprint density at radius 3 is 2.48 bits per heavy atom. The molecule has 0 aromatic rings. The molecule has 1 saturated carbocycles. The van der Waals surface area contributed by atoms with Crippen LogP contribution in [0.4, 0.5) is 0 Å². The lowest BCUT2D eigenvalue weighted by molar-refractivity contribution is 0.239. The second-order valence-electron chi connectivity index (χ2n) is 6.97. The molecular weight excluding hydrogens is 284 g/mol. The molecular formula is C16H28N2O2S. The van der Waals surface area contributed by atoms with E-state index in [2.05, 4.69) is 24.4 Å². The van der Waals surface area contributed by atoms with Gasteiger partial charge in [0.15, 0.2) is 0 Å². The zero-order valence-corrected chi connectivity index (χ0v) is 14.0. The van der Waals surface area contributed by atoms with Crippen LogP contribution < -0.4 is 5.32 Å². The Morgan fingerprint density at radius 2 is 1.95 bits per heavy atom. The topological polar surface area (TPSA) is 49.4 Å². The predicted octanol–water partition coefficient (Wildman–Crippen LogP) is 1.99. The molecule has 2 aliphatic carbocycles. The van der Waals surface area contributed by atoms with Crippen molar-refractivity contribution in [2.24, 2.45) is 17.8 Å².